The van der Waals surface area contributed by atoms with Crippen molar-refractivity contribution in [1.82, 2.24) is 5.32 Å². The van der Waals surface area contributed by atoms with Gasteiger partial charge in [0.15, 0.2) is 5.75 Å². The molecule has 26 heavy (non-hydrogen) atoms. The summed E-state index contributed by atoms with van der Waals surface area (Å²) < 4.78 is 11.3. The lowest BCUT2D eigenvalue weighted by atomic mass is 9.97. The van der Waals surface area contributed by atoms with Gasteiger partial charge in [0.05, 0.1) is 23.9 Å². The summed E-state index contributed by atoms with van der Waals surface area (Å²) in [6.07, 6.45) is 0. The van der Waals surface area contributed by atoms with Crippen molar-refractivity contribution in [3.05, 3.63) is 59.7 Å². The molecule has 130 valence electrons. The zero-order chi connectivity index (χ0) is 18.3. The van der Waals surface area contributed by atoms with Crippen LogP contribution in [0, 0.1) is 0 Å². The Kier molecular flexibility index (Phi) is 3.73. The molecule has 6 heteroatoms. The molecule has 0 saturated carbocycles. The van der Waals surface area contributed by atoms with Crippen LogP contribution in [0.1, 0.15) is 20.7 Å². The largest absolute Gasteiger partial charge is 0.497 e. The zero-order valence-electron chi connectivity index (χ0n) is 14.3. The standard InChI is InChI=1S/C20H16N2O4/c1-21-17-16-15(19(23)22-20(16)24)13-5-3-4-6-14(13)18(17)26-12-9-7-11(25-2)8-10-12/h3-10,21H,1-2H3,(H,22,23,24). The van der Waals surface area contributed by atoms with Crippen LogP contribution >= 0.6 is 0 Å². The minimum absolute atomic E-state index is 0.305. The van der Waals surface area contributed by atoms with Crippen molar-refractivity contribution in [1.29, 1.82) is 0 Å². The third-order valence-electron chi connectivity index (χ3n) is 4.38. The van der Waals surface area contributed by atoms with Gasteiger partial charge in [0.25, 0.3) is 11.8 Å². The van der Waals surface area contributed by atoms with Gasteiger partial charge in [-0.25, -0.2) is 0 Å². The molecule has 2 N–H and O–H groups in total. The van der Waals surface area contributed by atoms with Crippen LogP contribution in [-0.4, -0.2) is 26.0 Å². The fourth-order valence-corrected chi connectivity index (χ4v) is 3.20. The molecule has 0 atom stereocenters. The number of imide groups is 1. The number of methoxy groups -OCH3 is 1. The predicted molar refractivity (Wildman–Crippen MR) is 98.4 cm³/mol. The summed E-state index contributed by atoms with van der Waals surface area (Å²) in [6, 6.07) is 14.5. The molecule has 3 aromatic rings. The molecular weight excluding hydrogens is 332 g/mol. The summed E-state index contributed by atoms with van der Waals surface area (Å²) in [4.78, 5) is 24.6. The van der Waals surface area contributed by atoms with Crippen LogP contribution in [0.4, 0.5) is 5.69 Å². The van der Waals surface area contributed by atoms with E-state index < -0.39 is 11.8 Å². The minimum atomic E-state index is -0.431. The fraction of sp³-hybridized carbons (Fsp3) is 0.100. The maximum atomic E-state index is 12.3. The second-order valence-electron chi connectivity index (χ2n) is 5.81. The van der Waals surface area contributed by atoms with Crippen molar-refractivity contribution in [3.8, 4) is 17.2 Å². The summed E-state index contributed by atoms with van der Waals surface area (Å²) in [6.45, 7) is 0. The summed E-state index contributed by atoms with van der Waals surface area (Å²) in [5.74, 6) is 0.984. The lowest BCUT2D eigenvalue weighted by Gasteiger charge is -2.17. The van der Waals surface area contributed by atoms with Gasteiger partial charge in [-0.15, -0.1) is 0 Å². The topological polar surface area (TPSA) is 76.7 Å². The number of hydrogen-bond acceptors (Lipinski definition) is 5. The normalized spacial score (nSPS) is 12.7. The molecule has 6 nitrogen and oxygen atoms in total. The predicted octanol–water partition coefficient (Wildman–Crippen LogP) is 3.57. The third kappa shape index (κ3) is 2.35. The van der Waals surface area contributed by atoms with Gasteiger partial charge in [0.2, 0.25) is 0 Å². The van der Waals surface area contributed by atoms with Crippen molar-refractivity contribution < 1.29 is 19.1 Å². The molecule has 0 spiro atoms. The summed E-state index contributed by atoms with van der Waals surface area (Å²) in [5, 5.41) is 6.81. The second kappa shape index (κ2) is 6.07. The van der Waals surface area contributed by atoms with Crippen molar-refractivity contribution in [3.63, 3.8) is 0 Å². The number of amides is 2. The van der Waals surface area contributed by atoms with Crippen molar-refractivity contribution >= 4 is 28.3 Å². The van der Waals surface area contributed by atoms with E-state index in [1.54, 1.807) is 38.4 Å². The van der Waals surface area contributed by atoms with Crippen LogP contribution in [0.2, 0.25) is 0 Å². The molecule has 0 unspecified atom stereocenters. The Morgan fingerprint density at radius 1 is 0.846 bits per heavy atom. The number of hydrogen-bond donors (Lipinski definition) is 2. The van der Waals surface area contributed by atoms with E-state index in [4.69, 9.17) is 9.47 Å². The number of nitrogens with one attached hydrogen (secondary N) is 2. The number of carbonyl (C=O) groups excluding carboxylic acids is 2. The van der Waals surface area contributed by atoms with Gasteiger partial charge >= 0.3 is 0 Å². The van der Waals surface area contributed by atoms with E-state index >= 15 is 0 Å². The molecule has 3 aromatic carbocycles. The zero-order valence-corrected chi connectivity index (χ0v) is 14.3. The van der Waals surface area contributed by atoms with Gasteiger partial charge in [0, 0.05) is 12.4 Å². The van der Waals surface area contributed by atoms with Crippen molar-refractivity contribution in [2.45, 2.75) is 0 Å². The van der Waals surface area contributed by atoms with Gasteiger partial charge in [-0.05, 0) is 29.7 Å². The van der Waals surface area contributed by atoms with E-state index in [9.17, 15) is 9.59 Å². The fourth-order valence-electron chi connectivity index (χ4n) is 3.20. The summed E-state index contributed by atoms with van der Waals surface area (Å²) in [7, 11) is 3.29. The van der Waals surface area contributed by atoms with Crippen molar-refractivity contribution in [2.75, 3.05) is 19.5 Å². The van der Waals surface area contributed by atoms with Crippen LogP contribution in [0.3, 0.4) is 0 Å². The molecule has 0 aromatic heterocycles. The molecule has 0 aliphatic carbocycles. The van der Waals surface area contributed by atoms with Crippen LogP contribution in [-0.2, 0) is 0 Å². The van der Waals surface area contributed by atoms with Crippen LogP contribution < -0.4 is 20.1 Å². The average molecular weight is 348 g/mol. The lowest BCUT2D eigenvalue weighted by molar-refractivity contribution is 0.0880. The number of benzene rings is 3. The number of carbonyl (C=O) groups is 2. The average Bonchev–Trinajstić information content (AvgIpc) is 2.97. The molecule has 2 amide bonds. The highest BCUT2D eigenvalue weighted by Gasteiger charge is 2.34. The molecule has 1 aliphatic heterocycles. The first-order chi connectivity index (χ1) is 12.6. The van der Waals surface area contributed by atoms with E-state index in [1.807, 2.05) is 24.3 Å². The monoisotopic (exact) mass is 348 g/mol. The first kappa shape index (κ1) is 16.0. The van der Waals surface area contributed by atoms with E-state index in [1.165, 1.54) is 0 Å². The van der Waals surface area contributed by atoms with E-state index in [0.717, 1.165) is 11.1 Å². The number of anilines is 1. The highest BCUT2D eigenvalue weighted by molar-refractivity contribution is 6.30. The Hall–Kier alpha value is -3.54. The van der Waals surface area contributed by atoms with Crippen LogP contribution in [0.15, 0.2) is 48.5 Å². The molecule has 0 saturated heterocycles. The van der Waals surface area contributed by atoms with Crippen LogP contribution in [0.5, 0.6) is 17.2 Å². The molecular formula is C20H16N2O4. The molecule has 0 fully saturated rings. The van der Waals surface area contributed by atoms with Gasteiger partial charge < -0.3 is 14.8 Å². The lowest BCUT2D eigenvalue weighted by Crippen LogP contribution is -2.20. The van der Waals surface area contributed by atoms with E-state index in [2.05, 4.69) is 10.6 Å². The molecule has 0 bridgehead atoms. The van der Waals surface area contributed by atoms with Crippen molar-refractivity contribution in [2.24, 2.45) is 0 Å². The molecule has 1 aliphatic rings. The molecule has 0 radical (unpaired) electrons. The first-order valence-electron chi connectivity index (χ1n) is 8.08. The smallest absolute Gasteiger partial charge is 0.261 e. The van der Waals surface area contributed by atoms with Gasteiger partial charge in [-0.2, -0.15) is 0 Å². The summed E-state index contributed by atoms with van der Waals surface area (Å²) >= 11 is 0. The SMILES string of the molecule is CNc1c2c(c3ccccc3c1Oc1ccc(OC)cc1)C(=O)NC2=O. The quantitative estimate of drug-likeness (QED) is 0.705. The number of ether oxygens (including phenoxy) is 2. The highest BCUT2D eigenvalue weighted by atomic mass is 16.5. The Labute approximate surface area is 149 Å². The Bertz CT molecular complexity index is 1040. The Morgan fingerprint density at radius 3 is 2.12 bits per heavy atom. The minimum Gasteiger partial charge on any atom is -0.497 e. The summed E-state index contributed by atoms with van der Waals surface area (Å²) in [5.41, 5.74) is 1.16. The van der Waals surface area contributed by atoms with Crippen LogP contribution in [0.25, 0.3) is 10.8 Å². The van der Waals surface area contributed by atoms with Gasteiger partial charge in [-0.3, -0.25) is 14.9 Å². The molecule has 1 heterocycles. The van der Waals surface area contributed by atoms with Gasteiger partial charge in [-0.1, -0.05) is 24.3 Å². The molecule has 4 rings (SSSR count). The first-order valence-corrected chi connectivity index (χ1v) is 8.08. The highest BCUT2D eigenvalue weighted by Crippen LogP contribution is 2.43. The second-order valence-corrected chi connectivity index (χ2v) is 5.81. The number of fused-ring (bicyclic) bond motifs is 3. The maximum absolute atomic E-state index is 12.3. The van der Waals surface area contributed by atoms with E-state index in [0.29, 0.717) is 33.7 Å². The van der Waals surface area contributed by atoms with Gasteiger partial charge in [0.1, 0.15) is 11.5 Å². The third-order valence-corrected chi connectivity index (χ3v) is 4.38. The Morgan fingerprint density at radius 2 is 1.46 bits per heavy atom. The van der Waals surface area contributed by atoms with E-state index in [-0.39, 0.29) is 0 Å². The Balaban J connectivity index is 1.96. The number of rotatable bonds is 4. The maximum Gasteiger partial charge on any atom is 0.261 e.